The molecule has 1 heterocycles. The van der Waals surface area contributed by atoms with Crippen molar-refractivity contribution < 1.29 is 19.4 Å². The van der Waals surface area contributed by atoms with E-state index in [9.17, 15) is 9.59 Å². The van der Waals surface area contributed by atoms with Crippen molar-refractivity contribution >= 4 is 11.9 Å². The van der Waals surface area contributed by atoms with E-state index < -0.39 is 17.0 Å². The van der Waals surface area contributed by atoms with Gasteiger partial charge in [-0.2, -0.15) is 0 Å². The summed E-state index contributed by atoms with van der Waals surface area (Å²) in [5.41, 5.74) is 4.31. The molecule has 0 saturated carbocycles. The summed E-state index contributed by atoms with van der Waals surface area (Å²) in [4.78, 5) is 24.4. The zero-order valence-electron chi connectivity index (χ0n) is 10.5. The second kappa shape index (κ2) is 4.62. The molecule has 6 nitrogen and oxygen atoms in total. The molecule has 0 aromatic heterocycles. The molecule has 0 aliphatic carbocycles. The van der Waals surface area contributed by atoms with Crippen LogP contribution in [0.1, 0.15) is 27.2 Å². The Labute approximate surface area is 101 Å². The van der Waals surface area contributed by atoms with E-state index in [4.69, 9.17) is 15.6 Å². The number of hydrogen-bond acceptors (Lipinski definition) is 4. The van der Waals surface area contributed by atoms with Crippen LogP contribution in [0.25, 0.3) is 0 Å². The molecule has 1 unspecified atom stereocenters. The fourth-order valence-corrected chi connectivity index (χ4v) is 1.77. The first-order chi connectivity index (χ1) is 7.67. The topological polar surface area (TPSA) is 92.9 Å². The maximum atomic E-state index is 12.3. The van der Waals surface area contributed by atoms with Crippen molar-refractivity contribution in [2.75, 3.05) is 19.8 Å². The van der Waals surface area contributed by atoms with Crippen molar-refractivity contribution in [3.8, 4) is 0 Å². The van der Waals surface area contributed by atoms with Gasteiger partial charge in [0.2, 0.25) is 5.91 Å². The molecule has 1 amide bonds. The van der Waals surface area contributed by atoms with Gasteiger partial charge in [0.25, 0.3) is 0 Å². The molecule has 0 spiro atoms. The highest BCUT2D eigenvalue weighted by Gasteiger charge is 2.44. The van der Waals surface area contributed by atoms with Crippen LogP contribution < -0.4 is 5.73 Å². The van der Waals surface area contributed by atoms with E-state index in [0.29, 0.717) is 13.0 Å². The fraction of sp³-hybridized carbons (Fsp3) is 0.818. The Balaban J connectivity index is 2.90. The zero-order valence-corrected chi connectivity index (χ0v) is 10.5. The largest absolute Gasteiger partial charge is 0.480 e. The first-order valence-electron chi connectivity index (χ1n) is 5.57. The number of ether oxygens (including phenoxy) is 1. The van der Waals surface area contributed by atoms with E-state index in [-0.39, 0.29) is 19.1 Å². The van der Waals surface area contributed by atoms with Crippen molar-refractivity contribution in [2.24, 2.45) is 5.73 Å². The minimum absolute atomic E-state index is 0.151. The Hall–Kier alpha value is -1.14. The molecule has 1 aliphatic heterocycles. The predicted molar refractivity (Wildman–Crippen MR) is 61.5 cm³/mol. The highest BCUT2D eigenvalue weighted by molar-refractivity contribution is 5.89. The lowest BCUT2D eigenvalue weighted by Gasteiger charge is -2.38. The molecular formula is C11H20N2O4. The molecule has 17 heavy (non-hydrogen) atoms. The van der Waals surface area contributed by atoms with Gasteiger partial charge in [0.1, 0.15) is 12.1 Å². The van der Waals surface area contributed by atoms with Gasteiger partial charge in [-0.1, -0.05) is 0 Å². The first kappa shape index (κ1) is 13.9. The van der Waals surface area contributed by atoms with Crippen molar-refractivity contribution in [1.82, 2.24) is 4.90 Å². The summed E-state index contributed by atoms with van der Waals surface area (Å²) >= 11 is 0. The summed E-state index contributed by atoms with van der Waals surface area (Å²) in [7, 11) is 0. The van der Waals surface area contributed by atoms with E-state index in [1.54, 1.807) is 20.8 Å². The van der Waals surface area contributed by atoms with Gasteiger partial charge in [0.15, 0.2) is 0 Å². The fourth-order valence-electron chi connectivity index (χ4n) is 1.77. The number of carbonyl (C=O) groups is 2. The van der Waals surface area contributed by atoms with Crippen molar-refractivity contribution in [2.45, 2.75) is 38.3 Å². The molecule has 0 radical (unpaired) electrons. The lowest BCUT2D eigenvalue weighted by Crippen LogP contribution is -2.61. The van der Waals surface area contributed by atoms with Crippen LogP contribution in [0.4, 0.5) is 0 Å². The summed E-state index contributed by atoms with van der Waals surface area (Å²) < 4.78 is 5.13. The van der Waals surface area contributed by atoms with Gasteiger partial charge in [-0.3, -0.25) is 9.59 Å². The highest BCUT2D eigenvalue weighted by atomic mass is 16.5. The quantitative estimate of drug-likeness (QED) is 0.718. The highest BCUT2D eigenvalue weighted by Crippen LogP contribution is 2.23. The zero-order chi connectivity index (χ0) is 13.3. The summed E-state index contributed by atoms with van der Waals surface area (Å²) in [6, 6.07) is 0. The third kappa shape index (κ3) is 3.17. The maximum absolute atomic E-state index is 12.3. The Morgan fingerprint density at radius 2 is 2.06 bits per heavy atom. The number of hydrogen-bond donors (Lipinski definition) is 2. The molecule has 0 bridgehead atoms. The predicted octanol–water partition coefficient (Wildman–Crippen LogP) is -0.184. The number of nitrogens with two attached hydrogens (primary N) is 1. The van der Waals surface area contributed by atoms with Crippen LogP contribution >= 0.6 is 0 Å². The number of nitrogens with zero attached hydrogens (tertiary/aromatic N) is 1. The van der Waals surface area contributed by atoms with Gasteiger partial charge in [-0.05, 0) is 27.2 Å². The first-order valence-corrected chi connectivity index (χ1v) is 5.57. The van der Waals surface area contributed by atoms with Gasteiger partial charge in [-0.25, -0.2) is 0 Å². The van der Waals surface area contributed by atoms with Gasteiger partial charge >= 0.3 is 5.97 Å². The SMILES string of the molecule is CC(C)(C)N(CC(=O)O)C(=O)C1(N)CCOC1. The summed E-state index contributed by atoms with van der Waals surface area (Å²) in [5.74, 6) is -1.40. The van der Waals surface area contributed by atoms with Crippen LogP contribution in [-0.4, -0.2) is 52.7 Å². The van der Waals surface area contributed by atoms with Crippen LogP contribution in [0.15, 0.2) is 0 Å². The average Bonchev–Trinajstić information content (AvgIpc) is 2.60. The van der Waals surface area contributed by atoms with Crippen molar-refractivity contribution in [3.05, 3.63) is 0 Å². The average molecular weight is 244 g/mol. The van der Waals surface area contributed by atoms with E-state index in [1.807, 2.05) is 0 Å². The van der Waals surface area contributed by atoms with Crippen molar-refractivity contribution in [3.63, 3.8) is 0 Å². The second-order valence-corrected chi connectivity index (χ2v) is 5.41. The lowest BCUT2D eigenvalue weighted by atomic mass is 9.94. The summed E-state index contributed by atoms with van der Waals surface area (Å²) in [6.07, 6.45) is 0.429. The minimum Gasteiger partial charge on any atom is -0.480 e. The standard InChI is InChI=1S/C11H20N2O4/c1-10(2,3)13(6-8(14)15)9(16)11(12)4-5-17-7-11/h4-7,12H2,1-3H3,(H,14,15). The van der Waals surface area contributed by atoms with E-state index in [0.717, 1.165) is 0 Å². The van der Waals surface area contributed by atoms with E-state index in [2.05, 4.69) is 0 Å². The van der Waals surface area contributed by atoms with Crippen LogP contribution in [0, 0.1) is 0 Å². The number of aliphatic carboxylic acids is 1. The lowest BCUT2D eigenvalue weighted by molar-refractivity contribution is -0.151. The number of carboxylic acids is 1. The second-order valence-electron chi connectivity index (χ2n) is 5.41. The molecule has 6 heteroatoms. The van der Waals surface area contributed by atoms with Crippen LogP contribution in [0.5, 0.6) is 0 Å². The van der Waals surface area contributed by atoms with E-state index in [1.165, 1.54) is 4.90 Å². The molecule has 1 aliphatic rings. The van der Waals surface area contributed by atoms with Crippen LogP contribution in [-0.2, 0) is 14.3 Å². The summed E-state index contributed by atoms with van der Waals surface area (Å²) in [5, 5.41) is 8.86. The Morgan fingerprint density at radius 1 is 1.47 bits per heavy atom. The number of rotatable bonds is 3. The number of carboxylic acid groups (broad SMARTS) is 1. The van der Waals surface area contributed by atoms with Gasteiger partial charge in [0, 0.05) is 12.1 Å². The normalized spacial score (nSPS) is 24.7. The Kier molecular flexibility index (Phi) is 3.78. The van der Waals surface area contributed by atoms with Crippen LogP contribution in [0.2, 0.25) is 0 Å². The third-order valence-corrected chi connectivity index (χ3v) is 2.83. The third-order valence-electron chi connectivity index (χ3n) is 2.83. The Morgan fingerprint density at radius 3 is 2.41 bits per heavy atom. The van der Waals surface area contributed by atoms with Gasteiger partial charge in [-0.15, -0.1) is 0 Å². The van der Waals surface area contributed by atoms with Crippen molar-refractivity contribution in [1.29, 1.82) is 0 Å². The molecule has 1 rings (SSSR count). The number of carbonyl (C=O) groups excluding carboxylic acids is 1. The molecular weight excluding hydrogens is 224 g/mol. The molecule has 1 atom stereocenters. The molecule has 1 saturated heterocycles. The van der Waals surface area contributed by atoms with Gasteiger partial charge in [0.05, 0.1) is 6.61 Å². The molecule has 0 aromatic rings. The smallest absolute Gasteiger partial charge is 0.323 e. The maximum Gasteiger partial charge on any atom is 0.323 e. The molecule has 0 aromatic carbocycles. The van der Waals surface area contributed by atoms with Gasteiger partial charge < -0.3 is 20.5 Å². The molecule has 1 fully saturated rings. The number of amides is 1. The molecule has 3 N–H and O–H groups in total. The summed E-state index contributed by atoms with van der Waals surface area (Å²) in [6.45, 7) is 5.60. The molecule has 98 valence electrons. The monoisotopic (exact) mass is 244 g/mol. The minimum atomic E-state index is -1.08. The Bertz CT molecular complexity index is 316. The van der Waals surface area contributed by atoms with E-state index >= 15 is 0 Å². The van der Waals surface area contributed by atoms with Crippen LogP contribution in [0.3, 0.4) is 0 Å².